The topological polar surface area (TPSA) is 76.2 Å². The zero-order valence-corrected chi connectivity index (χ0v) is 14.0. The Morgan fingerprint density at radius 2 is 1.96 bits per heavy atom. The molecule has 0 spiro atoms. The highest BCUT2D eigenvalue weighted by Gasteiger charge is 2.38. The number of methoxy groups -OCH3 is 1. The molecule has 0 amide bonds. The molecule has 0 aliphatic carbocycles. The van der Waals surface area contributed by atoms with Crippen molar-refractivity contribution in [1.82, 2.24) is 20.2 Å². The summed E-state index contributed by atoms with van der Waals surface area (Å²) in [5, 5.41) is 8.46. The lowest BCUT2D eigenvalue weighted by Gasteiger charge is -2.35. The molecule has 5 rings (SSSR count). The first-order valence-electron chi connectivity index (χ1n) is 8.54. The van der Waals surface area contributed by atoms with Gasteiger partial charge in [0, 0.05) is 18.0 Å². The molecule has 5 heterocycles. The van der Waals surface area contributed by atoms with Gasteiger partial charge in [0.2, 0.25) is 5.88 Å². The van der Waals surface area contributed by atoms with Gasteiger partial charge in [-0.1, -0.05) is 0 Å². The summed E-state index contributed by atoms with van der Waals surface area (Å²) >= 11 is 0. The molecule has 0 radical (unpaired) electrons. The summed E-state index contributed by atoms with van der Waals surface area (Å²) in [6, 6.07) is 6.84. The Hall–Kier alpha value is -2.67. The smallest absolute Gasteiger partial charge is 0.224 e. The zero-order valence-electron chi connectivity index (χ0n) is 14.0. The molecule has 2 unspecified atom stereocenters. The summed E-state index contributed by atoms with van der Waals surface area (Å²) in [5.41, 5.74) is 2.75. The van der Waals surface area contributed by atoms with Gasteiger partial charge >= 0.3 is 0 Å². The molecule has 3 aromatic rings. The van der Waals surface area contributed by atoms with Crippen LogP contribution in [0.1, 0.15) is 12.8 Å². The van der Waals surface area contributed by atoms with Gasteiger partial charge in [-0.05, 0) is 31.0 Å². The van der Waals surface area contributed by atoms with Crippen LogP contribution in [0.5, 0.6) is 5.88 Å². The van der Waals surface area contributed by atoms with Gasteiger partial charge in [-0.25, -0.2) is 9.97 Å². The van der Waals surface area contributed by atoms with Crippen molar-refractivity contribution < 1.29 is 9.47 Å². The van der Waals surface area contributed by atoms with Crippen molar-refractivity contribution in [3.8, 4) is 17.1 Å². The lowest BCUT2D eigenvalue weighted by atomic mass is 10.1. The summed E-state index contributed by atoms with van der Waals surface area (Å²) in [6.07, 6.45) is 5.90. The molecule has 7 heteroatoms. The van der Waals surface area contributed by atoms with E-state index >= 15 is 0 Å². The monoisotopic (exact) mass is 337 g/mol. The van der Waals surface area contributed by atoms with Crippen molar-refractivity contribution in [2.45, 2.75) is 24.9 Å². The van der Waals surface area contributed by atoms with Crippen LogP contribution in [0, 0.1) is 0 Å². The van der Waals surface area contributed by atoms with Crippen molar-refractivity contribution in [2.24, 2.45) is 0 Å². The molecule has 0 saturated carbocycles. The van der Waals surface area contributed by atoms with Crippen LogP contribution in [0.3, 0.4) is 0 Å². The second kappa shape index (κ2) is 5.70. The lowest BCUT2D eigenvalue weighted by Crippen LogP contribution is -2.46. The van der Waals surface area contributed by atoms with Gasteiger partial charge in [-0.3, -0.25) is 5.10 Å². The summed E-state index contributed by atoms with van der Waals surface area (Å²) in [7, 11) is 1.63. The summed E-state index contributed by atoms with van der Waals surface area (Å²) in [4.78, 5) is 11.3. The number of aromatic amines is 1. The molecular weight excluding hydrogens is 318 g/mol. The fourth-order valence-corrected chi connectivity index (χ4v) is 4.01. The fraction of sp³-hybridized carbons (Fsp3) is 0.389. The highest BCUT2D eigenvalue weighted by molar-refractivity contribution is 5.96. The molecular formula is C18H19N5O2. The molecule has 2 atom stereocenters. The van der Waals surface area contributed by atoms with Crippen LogP contribution in [0.2, 0.25) is 0 Å². The van der Waals surface area contributed by atoms with E-state index in [0.29, 0.717) is 18.0 Å². The van der Waals surface area contributed by atoms with E-state index in [1.807, 2.05) is 18.3 Å². The molecule has 7 nitrogen and oxygen atoms in total. The molecule has 1 N–H and O–H groups in total. The van der Waals surface area contributed by atoms with Crippen molar-refractivity contribution in [3.63, 3.8) is 0 Å². The Morgan fingerprint density at radius 1 is 1.16 bits per heavy atom. The third kappa shape index (κ3) is 2.26. The van der Waals surface area contributed by atoms with Gasteiger partial charge in [-0.15, -0.1) is 0 Å². The SMILES string of the molecule is COc1nccc2[nH]nc(-c3ccnc(N4C5CCC4COC5)c3)c12. The van der Waals surface area contributed by atoms with Gasteiger partial charge in [-0.2, -0.15) is 5.10 Å². The molecule has 2 bridgehead atoms. The first-order valence-corrected chi connectivity index (χ1v) is 8.54. The number of hydrogen-bond acceptors (Lipinski definition) is 6. The molecule has 128 valence electrons. The maximum absolute atomic E-state index is 5.69. The quantitative estimate of drug-likeness (QED) is 0.791. The number of nitrogens with zero attached hydrogens (tertiary/aromatic N) is 4. The van der Waals surface area contributed by atoms with E-state index in [-0.39, 0.29) is 0 Å². The normalized spacial score (nSPS) is 22.5. The highest BCUT2D eigenvalue weighted by Crippen LogP contribution is 2.36. The van der Waals surface area contributed by atoms with Gasteiger partial charge in [0.05, 0.1) is 43.3 Å². The third-order valence-corrected chi connectivity index (χ3v) is 5.16. The average Bonchev–Trinajstić information content (AvgIpc) is 3.20. The van der Waals surface area contributed by atoms with Crippen molar-refractivity contribution in [2.75, 3.05) is 25.2 Å². The first-order chi connectivity index (χ1) is 12.3. The first kappa shape index (κ1) is 14.7. The van der Waals surface area contributed by atoms with Crippen LogP contribution in [-0.4, -0.2) is 52.6 Å². The van der Waals surface area contributed by atoms with Crippen molar-refractivity contribution >= 4 is 16.7 Å². The van der Waals surface area contributed by atoms with Gasteiger partial charge < -0.3 is 14.4 Å². The fourth-order valence-electron chi connectivity index (χ4n) is 4.01. The van der Waals surface area contributed by atoms with Gasteiger partial charge in [0.25, 0.3) is 0 Å². The van der Waals surface area contributed by atoms with E-state index in [1.165, 1.54) is 12.8 Å². The number of H-pyrrole nitrogens is 1. The minimum absolute atomic E-state index is 0.425. The standard InChI is InChI=1S/C18H19N5O2/c1-24-18-16-14(5-7-20-18)21-22-17(16)11-4-6-19-15(8-11)23-12-2-3-13(23)10-25-9-12/h4-8,12-13H,2-3,9-10H2,1H3,(H,21,22). The Morgan fingerprint density at radius 3 is 2.76 bits per heavy atom. The van der Waals surface area contributed by atoms with Crippen molar-refractivity contribution in [1.29, 1.82) is 0 Å². The van der Waals surface area contributed by atoms with Crippen LogP contribution in [0.4, 0.5) is 5.82 Å². The van der Waals surface area contributed by atoms with Crippen LogP contribution < -0.4 is 9.64 Å². The number of rotatable bonds is 3. The molecule has 3 aromatic heterocycles. The Balaban J connectivity index is 1.60. The number of pyridine rings is 2. The number of hydrogen-bond donors (Lipinski definition) is 1. The molecule has 2 saturated heterocycles. The second-order valence-corrected chi connectivity index (χ2v) is 6.55. The average molecular weight is 337 g/mol. The maximum atomic E-state index is 5.69. The summed E-state index contributed by atoms with van der Waals surface area (Å²) < 4.78 is 11.1. The number of fused-ring (bicyclic) bond motifs is 3. The lowest BCUT2D eigenvalue weighted by molar-refractivity contribution is 0.0902. The Labute approximate surface area is 145 Å². The van der Waals surface area contributed by atoms with E-state index in [4.69, 9.17) is 9.47 Å². The van der Waals surface area contributed by atoms with Gasteiger partial charge in [0.1, 0.15) is 11.5 Å². The minimum atomic E-state index is 0.425. The maximum Gasteiger partial charge on any atom is 0.224 e. The summed E-state index contributed by atoms with van der Waals surface area (Å²) in [6.45, 7) is 1.57. The molecule has 2 fully saturated rings. The number of ether oxygens (including phenoxy) is 2. The second-order valence-electron chi connectivity index (χ2n) is 6.55. The molecule has 2 aliphatic heterocycles. The summed E-state index contributed by atoms with van der Waals surface area (Å²) in [5.74, 6) is 1.57. The largest absolute Gasteiger partial charge is 0.480 e. The van der Waals surface area contributed by atoms with E-state index < -0.39 is 0 Å². The highest BCUT2D eigenvalue weighted by atomic mass is 16.5. The van der Waals surface area contributed by atoms with E-state index in [1.54, 1.807) is 13.3 Å². The van der Waals surface area contributed by atoms with E-state index in [0.717, 1.165) is 41.2 Å². The van der Waals surface area contributed by atoms with Crippen LogP contribution >= 0.6 is 0 Å². The predicted molar refractivity (Wildman–Crippen MR) is 93.8 cm³/mol. The number of anilines is 1. The van der Waals surface area contributed by atoms with E-state index in [9.17, 15) is 0 Å². The number of aromatic nitrogens is 4. The van der Waals surface area contributed by atoms with Crippen LogP contribution in [0.15, 0.2) is 30.6 Å². The number of nitrogens with one attached hydrogen (secondary N) is 1. The van der Waals surface area contributed by atoms with Crippen molar-refractivity contribution in [3.05, 3.63) is 30.6 Å². The van der Waals surface area contributed by atoms with Gasteiger partial charge in [0.15, 0.2) is 0 Å². The molecule has 25 heavy (non-hydrogen) atoms. The predicted octanol–water partition coefficient (Wildman–Crippen LogP) is 2.40. The Kier molecular flexibility index (Phi) is 3.34. The van der Waals surface area contributed by atoms with Crippen LogP contribution in [0.25, 0.3) is 22.2 Å². The molecule has 0 aromatic carbocycles. The third-order valence-electron chi connectivity index (χ3n) is 5.16. The Bertz CT molecular complexity index is 909. The molecule has 2 aliphatic rings. The van der Waals surface area contributed by atoms with E-state index in [2.05, 4.69) is 31.1 Å². The van der Waals surface area contributed by atoms with Crippen LogP contribution in [-0.2, 0) is 4.74 Å². The number of morpholine rings is 1. The zero-order chi connectivity index (χ0) is 16.8. The minimum Gasteiger partial charge on any atom is -0.480 e.